The molecule has 1 fully saturated rings. The first-order valence-corrected chi connectivity index (χ1v) is 11.2. The van der Waals surface area contributed by atoms with Crippen LogP contribution in [0.1, 0.15) is 36.9 Å². The van der Waals surface area contributed by atoms with Gasteiger partial charge in [-0.3, -0.25) is 9.97 Å². The highest BCUT2D eigenvalue weighted by molar-refractivity contribution is 6.33. The van der Waals surface area contributed by atoms with Gasteiger partial charge in [-0.25, -0.2) is 0 Å². The van der Waals surface area contributed by atoms with E-state index in [1.54, 1.807) is 13.3 Å². The molecule has 1 saturated carbocycles. The van der Waals surface area contributed by atoms with Crippen molar-refractivity contribution in [3.63, 3.8) is 0 Å². The fraction of sp³-hybridized carbons (Fsp3) is 0.360. The summed E-state index contributed by atoms with van der Waals surface area (Å²) in [6, 6.07) is 12.6. The molecule has 0 aliphatic heterocycles. The molecule has 0 radical (unpaired) electrons. The Morgan fingerprint density at radius 1 is 1.10 bits per heavy atom. The Bertz CT molecular complexity index is 1020. The molecule has 0 bridgehead atoms. The molecule has 0 amide bonds. The number of nitrogens with one attached hydrogen (secondary N) is 1. The quantitative estimate of drug-likeness (QED) is 0.513. The zero-order chi connectivity index (χ0) is 21.6. The Labute approximate surface area is 189 Å². The molecule has 0 spiro atoms. The van der Waals surface area contributed by atoms with Gasteiger partial charge in [-0.1, -0.05) is 23.7 Å². The number of anilines is 1. The number of rotatable bonds is 7. The fourth-order valence-corrected chi connectivity index (χ4v) is 4.39. The maximum atomic E-state index is 6.51. The summed E-state index contributed by atoms with van der Waals surface area (Å²) >= 11 is 6.51. The van der Waals surface area contributed by atoms with Gasteiger partial charge in [0, 0.05) is 48.0 Å². The van der Waals surface area contributed by atoms with Crippen LogP contribution in [0.5, 0.6) is 5.75 Å². The normalized spacial score (nSPS) is 18.5. The van der Waals surface area contributed by atoms with Crippen LogP contribution in [0.2, 0.25) is 5.02 Å². The van der Waals surface area contributed by atoms with Gasteiger partial charge in [0.1, 0.15) is 5.75 Å². The van der Waals surface area contributed by atoms with E-state index in [0.717, 1.165) is 53.1 Å². The first-order valence-electron chi connectivity index (χ1n) is 10.8. The number of ether oxygens (including phenoxy) is 1. The van der Waals surface area contributed by atoms with E-state index in [-0.39, 0.29) is 0 Å². The van der Waals surface area contributed by atoms with Gasteiger partial charge in [-0.05, 0) is 67.9 Å². The Hall–Kier alpha value is -2.63. The summed E-state index contributed by atoms with van der Waals surface area (Å²) in [5.41, 5.74) is 11.2. The van der Waals surface area contributed by atoms with Crippen molar-refractivity contribution < 1.29 is 4.74 Å². The first-order chi connectivity index (χ1) is 15.1. The molecule has 3 aromatic rings. The number of aromatic nitrogens is 2. The standard InChI is InChI=1S/C25H29ClN4O/c1-31-23-4-2-3-18(10-23)13-29-22-11-19(14-28-15-22)24-12-21(30-16-25(24)26)9-17-5-7-20(27)8-6-17/h2-4,10-12,14-17,20,29H,5-9,13,27H2,1H3. The van der Waals surface area contributed by atoms with Crippen LogP contribution >= 0.6 is 11.6 Å². The second-order valence-electron chi connectivity index (χ2n) is 8.31. The van der Waals surface area contributed by atoms with E-state index in [2.05, 4.69) is 33.5 Å². The highest BCUT2D eigenvalue weighted by Crippen LogP contribution is 2.31. The van der Waals surface area contributed by atoms with Gasteiger partial charge >= 0.3 is 0 Å². The lowest BCUT2D eigenvalue weighted by Gasteiger charge is -2.25. The number of nitrogens with two attached hydrogens (primary N) is 1. The molecule has 3 N–H and O–H groups in total. The van der Waals surface area contributed by atoms with Gasteiger partial charge in [0.2, 0.25) is 0 Å². The van der Waals surface area contributed by atoms with Crippen LogP contribution in [0, 0.1) is 5.92 Å². The van der Waals surface area contributed by atoms with Crippen molar-refractivity contribution >= 4 is 17.3 Å². The van der Waals surface area contributed by atoms with Gasteiger partial charge in [0.15, 0.2) is 0 Å². The van der Waals surface area contributed by atoms with Gasteiger partial charge in [-0.2, -0.15) is 0 Å². The van der Waals surface area contributed by atoms with E-state index < -0.39 is 0 Å². The number of hydrogen-bond acceptors (Lipinski definition) is 5. The predicted molar refractivity (Wildman–Crippen MR) is 126 cm³/mol. The van der Waals surface area contributed by atoms with E-state index in [0.29, 0.717) is 23.5 Å². The van der Waals surface area contributed by atoms with Gasteiger partial charge in [0.05, 0.1) is 17.8 Å². The minimum Gasteiger partial charge on any atom is -0.497 e. The fourth-order valence-electron chi connectivity index (χ4n) is 4.17. The van der Waals surface area contributed by atoms with Crippen molar-refractivity contribution in [3.05, 3.63) is 71.3 Å². The third-order valence-electron chi connectivity index (χ3n) is 5.98. The van der Waals surface area contributed by atoms with Crippen molar-refractivity contribution in [1.29, 1.82) is 0 Å². The summed E-state index contributed by atoms with van der Waals surface area (Å²) in [6.07, 6.45) is 11.0. The van der Waals surface area contributed by atoms with Gasteiger partial charge in [0.25, 0.3) is 0 Å². The van der Waals surface area contributed by atoms with E-state index >= 15 is 0 Å². The lowest BCUT2D eigenvalue weighted by Crippen LogP contribution is -2.27. The molecule has 4 rings (SSSR count). The average molecular weight is 437 g/mol. The van der Waals surface area contributed by atoms with Crippen LogP contribution in [0.25, 0.3) is 11.1 Å². The highest BCUT2D eigenvalue weighted by Gasteiger charge is 2.19. The second-order valence-corrected chi connectivity index (χ2v) is 8.71. The summed E-state index contributed by atoms with van der Waals surface area (Å²) in [5.74, 6) is 1.50. The highest BCUT2D eigenvalue weighted by atomic mass is 35.5. The molecule has 31 heavy (non-hydrogen) atoms. The Balaban J connectivity index is 1.47. The molecule has 0 atom stereocenters. The number of methoxy groups -OCH3 is 1. The molecule has 1 aromatic carbocycles. The van der Waals surface area contributed by atoms with E-state index in [9.17, 15) is 0 Å². The maximum Gasteiger partial charge on any atom is 0.119 e. The zero-order valence-corrected chi connectivity index (χ0v) is 18.6. The first kappa shape index (κ1) is 21.6. The summed E-state index contributed by atoms with van der Waals surface area (Å²) in [6.45, 7) is 0.682. The van der Waals surface area contributed by atoms with Crippen molar-refractivity contribution in [2.45, 2.75) is 44.7 Å². The van der Waals surface area contributed by atoms with E-state index in [1.165, 1.54) is 12.8 Å². The number of benzene rings is 1. The van der Waals surface area contributed by atoms with E-state index in [1.807, 2.05) is 30.6 Å². The third kappa shape index (κ3) is 5.75. The molecule has 5 nitrogen and oxygen atoms in total. The molecule has 2 aromatic heterocycles. The minimum atomic E-state index is 0.364. The van der Waals surface area contributed by atoms with Gasteiger partial charge in [-0.15, -0.1) is 0 Å². The Morgan fingerprint density at radius 3 is 2.74 bits per heavy atom. The third-order valence-corrected chi connectivity index (χ3v) is 6.28. The number of halogens is 1. The Kier molecular flexibility index (Phi) is 7.05. The summed E-state index contributed by atoms with van der Waals surface area (Å²) in [7, 11) is 1.68. The van der Waals surface area contributed by atoms with E-state index in [4.69, 9.17) is 22.1 Å². The SMILES string of the molecule is COc1cccc(CNc2cncc(-c3cc(CC4CCC(N)CC4)ncc3Cl)c2)c1. The Morgan fingerprint density at radius 2 is 1.94 bits per heavy atom. The monoisotopic (exact) mass is 436 g/mol. The lowest BCUT2D eigenvalue weighted by molar-refractivity contribution is 0.323. The largest absolute Gasteiger partial charge is 0.497 e. The van der Waals surface area contributed by atoms with Gasteiger partial charge < -0.3 is 15.8 Å². The summed E-state index contributed by atoms with van der Waals surface area (Å²) in [4.78, 5) is 9.00. The van der Waals surface area contributed by atoms with Crippen molar-refractivity contribution in [3.8, 4) is 16.9 Å². The molecule has 2 heterocycles. The molecular weight excluding hydrogens is 408 g/mol. The van der Waals surface area contributed by atoms with Crippen LogP contribution in [0.4, 0.5) is 5.69 Å². The number of pyridine rings is 2. The van der Waals surface area contributed by atoms with Crippen LogP contribution in [0.3, 0.4) is 0 Å². The average Bonchev–Trinajstić information content (AvgIpc) is 2.81. The summed E-state index contributed by atoms with van der Waals surface area (Å²) < 4.78 is 5.30. The van der Waals surface area contributed by atoms with Crippen molar-refractivity contribution in [1.82, 2.24) is 9.97 Å². The smallest absolute Gasteiger partial charge is 0.119 e. The summed E-state index contributed by atoms with van der Waals surface area (Å²) in [5, 5.41) is 4.08. The molecule has 6 heteroatoms. The molecular formula is C25H29ClN4O. The zero-order valence-electron chi connectivity index (χ0n) is 17.9. The molecule has 1 aliphatic carbocycles. The second kappa shape index (κ2) is 10.1. The van der Waals surface area contributed by atoms with Crippen LogP contribution in [-0.2, 0) is 13.0 Å². The maximum absolute atomic E-state index is 6.51. The van der Waals surface area contributed by atoms with Crippen LogP contribution in [0.15, 0.2) is 55.0 Å². The molecule has 1 aliphatic rings. The topological polar surface area (TPSA) is 73.1 Å². The minimum absolute atomic E-state index is 0.364. The van der Waals surface area contributed by atoms with Crippen LogP contribution in [-0.4, -0.2) is 23.1 Å². The number of hydrogen-bond donors (Lipinski definition) is 2. The predicted octanol–water partition coefficient (Wildman–Crippen LogP) is 5.48. The number of nitrogens with zero attached hydrogens (tertiary/aromatic N) is 2. The molecule has 162 valence electrons. The van der Waals surface area contributed by atoms with Crippen LogP contribution < -0.4 is 15.8 Å². The molecule has 0 saturated heterocycles. The van der Waals surface area contributed by atoms with Crippen molar-refractivity contribution in [2.75, 3.05) is 12.4 Å². The molecule has 0 unspecified atom stereocenters. The van der Waals surface area contributed by atoms with Crippen molar-refractivity contribution in [2.24, 2.45) is 11.7 Å². The lowest BCUT2D eigenvalue weighted by atomic mass is 9.83.